The standard InChI is InChI=1S/C20H23N5O5S2/c26-16(25-29)8-2-1-5-9-21-17(27)10-13-12-31-19(22-13)24-20(28)30-11-18-23-14-6-3-4-7-15(14)32-18/h3-4,6-7,12,29H,1-2,5,8-11H2,(H,21,27)(H,25,26)(H,22,24,28). The van der Waals surface area contributed by atoms with E-state index in [9.17, 15) is 14.4 Å². The first kappa shape index (κ1) is 23.6. The van der Waals surface area contributed by atoms with Crippen molar-refractivity contribution in [1.82, 2.24) is 20.8 Å². The molecule has 0 unspecified atom stereocenters. The summed E-state index contributed by atoms with van der Waals surface area (Å²) in [5, 5.41) is 16.5. The number of thiazole rings is 2. The van der Waals surface area contributed by atoms with E-state index in [1.807, 2.05) is 24.3 Å². The van der Waals surface area contributed by atoms with Crippen molar-refractivity contribution < 1.29 is 24.3 Å². The Kier molecular flexibility index (Phi) is 8.90. The first-order valence-corrected chi connectivity index (χ1v) is 11.7. The van der Waals surface area contributed by atoms with Crippen LogP contribution in [0.15, 0.2) is 29.6 Å². The molecule has 12 heteroatoms. The van der Waals surface area contributed by atoms with Gasteiger partial charge in [0, 0.05) is 18.3 Å². The summed E-state index contributed by atoms with van der Waals surface area (Å²) in [4.78, 5) is 43.5. The van der Waals surface area contributed by atoms with Crippen LogP contribution >= 0.6 is 22.7 Å². The van der Waals surface area contributed by atoms with Crippen LogP contribution in [0.1, 0.15) is 36.4 Å². The minimum atomic E-state index is -0.635. The molecule has 32 heavy (non-hydrogen) atoms. The zero-order valence-corrected chi connectivity index (χ0v) is 18.8. The van der Waals surface area contributed by atoms with E-state index < -0.39 is 12.0 Å². The summed E-state index contributed by atoms with van der Waals surface area (Å²) in [6.07, 6.45) is 1.85. The van der Waals surface area contributed by atoms with Gasteiger partial charge in [0.15, 0.2) is 5.13 Å². The molecule has 10 nitrogen and oxygen atoms in total. The Morgan fingerprint density at radius 3 is 2.72 bits per heavy atom. The van der Waals surface area contributed by atoms with Crippen LogP contribution in [0.4, 0.5) is 9.93 Å². The molecular formula is C20H23N5O5S2. The number of ether oxygens (including phenoxy) is 1. The summed E-state index contributed by atoms with van der Waals surface area (Å²) >= 11 is 2.68. The minimum absolute atomic E-state index is 0.0660. The van der Waals surface area contributed by atoms with Crippen LogP contribution < -0.4 is 16.1 Å². The fourth-order valence-corrected chi connectivity index (χ4v) is 4.35. The number of nitrogens with zero attached hydrogens (tertiary/aromatic N) is 2. The lowest BCUT2D eigenvalue weighted by molar-refractivity contribution is -0.129. The Balaban J connectivity index is 1.33. The monoisotopic (exact) mass is 477 g/mol. The van der Waals surface area contributed by atoms with E-state index in [1.54, 1.807) is 10.9 Å². The molecule has 0 aliphatic rings. The average molecular weight is 478 g/mol. The second-order valence-electron chi connectivity index (χ2n) is 6.79. The molecule has 0 spiro atoms. The van der Waals surface area contributed by atoms with Gasteiger partial charge < -0.3 is 10.1 Å². The zero-order valence-electron chi connectivity index (χ0n) is 17.1. The average Bonchev–Trinajstić information content (AvgIpc) is 3.40. The van der Waals surface area contributed by atoms with Gasteiger partial charge in [-0.05, 0) is 25.0 Å². The normalized spacial score (nSPS) is 10.7. The second kappa shape index (κ2) is 12.1. The van der Waals surface area contributed by atoms with Gasteiger partial charge in [0.2, 0.25) is 11.8 Å². The van der Waals surface area contributed by atoms with E-state index in [0.717, 1.165) is 23.1 Å². The number of amides is 3. The molecule has 0 saturated heterocycles. The molecule has 1 aromatic carbocycles. The number of unbranched alkanes of at least 4 members (excludes halogenated alkanes) is 2. The summed E-state index contributed by atoms with van der Waals surface area (Å²) in [5.41, 5.74) is 3.00. The lowest BCUT2D eigenvalue weighted by Crippen LogP contribution is -2.26. The maximum Gasteiger partial charge on any atom is 0.413 e. The number of anilines is 1. The largest absolute Gasteiger partial charge is 0.442 e. The van der Waals surface area contributed by atoms with Crippen molar-refractivity contribution in [3.05, 3.63) is 40.3 Å². The number of hydrogen-bond acceptors (Lipinski definition) is 9. The van der Waals surface area contributed by atoms with Gasteiger partial charge in [0.05, 0.1) is 22.3 Å². The van der Waals surface area contributed by atoms with Crippen molar-refractivity contribution in [2.75, 3.05) is 11.9 Å². The van der Waals surface area contributed by atoms with Crippen LogP contribution in [0.25, 0.3) is 10.2 Å². The number of para-hydroxylation sites is 1. The van der Waals surface area contributed by atoms with Crippen LogP contribution in [0.3, 0.4) is 0 Å². The summed E-state index contributed by atoms with van der Waals surface area (Å²) in [6.45, 7) is 0.559. The first-order chi connectivity index (χ1) is 15.5. The number of carbonyl (C=O) groups excluding carboxylic acids is 3. The topological polar surface area (TPSA) is 143 Å². The van der Waals surface area contributed by atoms with Crippen molar-refractivity contribution in [3.63, 3.8) is 0 Å². The number of rotatable bonds is 11. The van der Waals surface area contributed by atoms with Crippen LogP contribution in [0, 0.1) is 0 Å². The molecule has 2 heterocycles. The predicted molar refractivity (Wildman–Crippen MR) is 121 cm³/mol. The Morgan fingerprint density at radius 1 is 1.06 bits per heavy atom. The third kappa shape index (κ3) is 7.55. The number of hydrogen-bond donors (Lipinski definition) is 4. The smallest absolute Gasteiger partial charge is 0.413 e. The van der Waals surface area contributed by atoms with Gasteiger partial charge in [-0.2, -0.15) is 0 Å². The molecule has 0 bridgehead atoms. The molecule has 0 aliphatic carbocycles. The third-order valence-corrected chi connectivity index (χ3v) is 6.11. The molecule has 3 rings (SSSR count). The molecule has 0 atom stereocenters. The van der Waals surface area contributed by atoms with Gasteiger partial charge in [0.1, 0.15) is 11.6 Å². The number of hydroxylamine groups is 1. The lowest BCUT2D eigenvalue weighted by Gasteiger charge is -2.04. The highest BCUT2D eigenvalue weighted by molar-refractivity contribution is 7.18. The molecule has 0 fully saturated rings. The van der Waals surface area contributed by atoms with Crippen molar-refractivity contribution in [2.24, 2.45) is 0 Å². The summed E-state index contributed by atoms with van der Waals surface area (Å²) in [6, 6.07) is 7.70. The SMILES string of the molecule is O=C(CCCCCNC(=O)Cc1csc(NC(=O)OCc2nc3ccccc3s2)n1)NO. The fourth-order valence-electron chi connectivity index (χ4n) is 2.78. The second-order valence-corrected chi connectivity index (χ2v) is 8.77. The molecule has 0 radical (unpaired) electrons. The lowest BCUT2D eigenvalue weighted by atomic mass is 10.2. The van der Waals surface area contributed by atoms with Gasteiger partial charge in [-0.15, -0.1) is 22.7 Å². The third-order valence-electron chi connectivity index (χ3n) is 4.29. The van der Waals surface area contributed by atoms with Crippen LogP contribution in [0.5, 0.6) is 0 Å². The highest BCUT2D eigenvalue weighted by Gasteiger charge is 2.12. The van der Waals surface area contributed by atoms with E-state index in [1.165, 1.54) is 22.7 Å². The Morgan fingerprint density at radius 2 is 1.91 bits per heavy atom. The summed E-state index contributed by atoms with van der Waals surface area (Å²) < 4.78 is 6.24. The van der Waals surface area contributed by atoms with E-state index in [0.29, 0.717) is 28.8 Å². The number of fused-ring (bicyclic) bond motifs is 1. The van der Waals surface area contributed by atoms with Gasteiger partial charge in [0.25, 0.3) is 0 Å². The first-order valence-electron chi connectivity index (χ1n) is 9.96. The Bertz CT molecular complexity index is 1030. The van der Waals surface area contributed by atoms with Crippen molar-refractivity contribution >= 4 is 55.9 Å². The Hall–Kier alpha value is -3.09. The molecule has 0 saturated carbocycles. The molecule has 2 aromatic heterocycles. The fraction of sp³-hybridized carbons (Fsp3) is 0.350. The molecule has 3 amide bonds. The van der Waals surface area contributed by atoms with Gasteiger partial charge >= 0.3 is 6.09 Å². The molecule has 4 N–H and O–H groups in total. The van der Waals surface area contributed by atoms with Crippen molar-refractivity contribution in [1.29, 1.82) is 0 Å². The maximum atomic E-state index is 12.0. The van der Waals surface area contributed by atoms with E-state index in [2.05, 4.69) is 20.6 Å². The summed E-state index contributed by atoms with van der Waals surface area (Å²) in [7, 11) is 0. The highest BCUT2D eigenvalue weighted by Crippen LogP contribution is 2.22. The van der Waals surface area contributed by atoms with Gasteiger partial charge in [-0.1, -0.05) is 18.6 Å². The molecule has 3 aromatic rings. The maximum absolute atomic E-state index is 12.0. The molecular weight excluding hydrogens is 454 g/mol. The van der Waals surface area contributed by atoms with Crippen molar-refractivity contribution in [2.45, 2.75) is 38.7 Å². The van der Waals surface area contributed by atoms with Crippen LogP contribution in [0.2, 0.25) is 0 Å². The number of carbonyl (C=O) groups is 3. The molecule has 0 aliphatic heterocycles. The zero-order chi connectivity index (χ0) is 22.8. The number of aromatic nitrogens is 2. The van der Waals surface area contributed by atoms with Crippen molar-refractivity contribution in [3.8, 4) is 0 Å². The predicted octanol–water partition coefficient (Wildman–Crippen LogP) is 3.23. The van der Waals surface area contributed by atoms with Gasteiger partial charge in [-0.3, -0.25) is 20.1 Å². The molecule has 170 valence electrons. The van der Waals surface area contributed by atoms with Crippen LogP contribution in [-0.2, 0) is 27.4 Å². The quantitative estimate of drug-likeness (QED) is 0.189. The van der Waals surface area contributed by atoms with E-state index in [-0.39, 0.29) is 25.4 Å². The van der Waals surface area contributed by atoms with Gasteiger partial charge in [-0.25, -0.2) is 20.2 Å². The minimum Gasteiger partial charge on any atom is -0.442 e. The van der Waals surface area contributed by atoms with E-state index in [4.69, 9.17) is 9.94 Å². The Labute approximate surface area is 192 Å². The number of benzene rings is 1. The summed E-state index contributed by atoms with van der Waals surface area (Å²) in [5.74, 6) is -0.587. The number of nitrogens with one attached hydrogen (secondary N) is 3. The van der Waals surface area contributed by atoms with E-state index >= 15 is 0 Å². The highest BCUT2D eigenvalue weighted by atomic mass is 32.1. The van der Waals surface area contributed by atoms with Crippen LogP contribution in [-0.4, -0.2) is 39.6 Å².